The Morgan fingerprint density at radius 2 is 1.20 bits per heavy atom. The predicted octanol–water partition coefficient (Wildman–Crippen LogP) is 4.66. The van der Waals surface area contributed by atoms with E-state index in [-0.39, 0.29) is 5.28 Å². The summed E-state index contributed by atoms with van der Waals surface area (Å²) in [5.74, 6) is 2.40. The van der Waals surface area contributed by atoms with Gasteiger partial charge in [0.1, 0.15) is 0 Å². The van der Waals surface area contributed by atoms with Crippen LogP contribution < -0.4 is 10.2 Å². The molecule has 0 spiro atoms. The molecule has 0 atom stereocenters. The van der Waals surface area contributed by atoms with Gasteiger partial charge in [-0.1, -0.05) is 23.2 Å². The molecule has 2 saturated heterocycles. The predicted molar refractivity (Wildman–Crippen MR) is 142 cm³/mol. The van der Waals surface area contributed by atoms with Crippen LogP contribution in [0.4, 0.5) is 5.95 Å². The standard InChI is InChI=1S/C12H18ClN3O.C8H17NO.C4H2Cl2N2/c13-11-8-14-12(15-9-11)16-5-3-10(4-6-16)2-1-7-17;10-7-1-2-8-3-5-9-6-4-8;5-3-1-7-4(6)8-2-3/h8-10,17H,1-7H2;8-10H,1-7H2;1-2H. The zero-order valence-electron chi connectivity index (χ0n) is 20.1. The van der Waals surface area contributed by atoms with Crippen molar-refractivity contribution in [2.45, 2.75) is 51.4 Å². The van der Waals surface area contributed by atoms with Crippen molar-refractivity contribution in [3.8, 4) is 0 Å². The SMILES string of the molecule is Clc1cnc(Cl)nc1.OCCCC1CCN(c2ncc(Cl)cn2)CC1.OCCCC1CCNCC1. The lowest BCUT2D eigenvalue weighted by Crippen LogP contribution is -2.34. The van der Waals surface area contributed by atoms with Crippen molar-refractivity contribution in [1.29, 1.82) is 0 Å². The maximum atomic E-state index is 8.81. The van der Waals surface area contributed by atoms with E-state index in [9.17, 15) is 0 Å². The molecule has 35 heavy (non-hydrogen) atoms. The van der Waals surface area contributed by atoms with Gasteiger partial charge in [0.25, 0.3) is 0 Å². The smallest absolute Gasteiger partial charge is 0.225 e. The maximum Gasteiger partial charge on any atom is 0.225 e. The second-order valence-corrected chi connectivity index (χ2v) is 9.94. The minimum Gasteiger partial charge on any atom is -0.396 e. The second kappa shape index (κ2) is 18.0. The van der Waals surface area contributed by atoms with Gasteiger partial charge >= 0.3 is 0 Å². The fourth-order valence-electron chi connectivity index (χ4n) is 4.12. The molecule has 0 unspecified atom stereocenters. The Morgan fingerprint density at radius 1 is 0.743 bits per heavy atom. The topological polar surface area (TPSA) is 107 Å². The molecule has 2 fully saturated rings. The monoisotopic (exact) mass is 546 g/mol. The van der Waals surface area contributed by atoms with Crippen LogP contribution in [0, 0.1) is 11.8 Å². The summed E-state index contributed by atoms with van der Waals surface area (Å²) in [5.41, 5.74) is 0. The molecular formula is C24H37Cl3N6O2. The first-order chi connectivity index (χ1) is 17.0. The Bertz CT molecular complexity index is 766. The Balaban J connectivity index is 0.000000204. The van der Waals surface area contributed by atoms with Gasteiger partial charge < -0.3 is 20.4 Å². The van der Waals surface area contributed by atoms with Crippen molar-refractivity contribution in [2.24, 2.45) is 11.8 Å². The number of anilines is 1. The molecule has 2 aliphatic heterocycles. The summed E-state index contributed by atoms with van der Waals surface area (Å²) in [5, 5.41) is 22.0. The van der Waals surface area contributed by atoms with E-state index >= 15 is 0 Å². The molecule has 3 N–H and O–H groups in total. The van der Waals surface area contributed by atoms with Gasteiger partial charge in [-0.05, 0) is 87.9 Å². The summed E-state index contributed by atoms with van der Waals surface area (Å²) in [7, 11) is 0. The molecule has 8 nitrogen and oxygen atoms in total. The quantitative estimate of drug-likeness (QED) is 0.430. The van der Waals surface area contributed by atoms with Crippen molar-refractivity contribution in [3.05, 3.63) is 40.1 Å². The molecule has 0 bridgehead atoms. The van der Waals surface area contributed by atoms with Gasteiger partial charge in [-0.2, -0.15) is 0 Å². The van der Waals surface area contributed by atoms with E-state index < -0.39 is 0 Å². The number of nitrogens with zero attached hydrogens (tertiary/aromatic N) is 5. The Labute approximate surface area is 223 Å². The Kier molecular flexibility index (Phi) is 15.4. The van der Waals surface area contributed by atoms with Gasteiger partial charge in [-0.25, -0.2) is 19.9 Å². The first-order valence-corrected chi connectivity index (χ1v) is 13.4. The average Bonchev–Trinajstić information content (AvgIpc) is 2.90. The number of rotatable bonds is 7. The van der Waals surface area contributed by atoms with Crippen LogP contribution in [0.25, 0.3) is 0 Å². The van der Waals surface area contributed by atoms with Crippen LogP contribution in [0.2, 0.25) is 15.3 Å². The molecule has 196 valence electrons. The minimum atomic E-state index is 0.217. The molecule has 4 rings (SSSR count). The lowest BCUT2D eigenvalue weighted by Gasteiger charge is -2.31. The van der Waals surface area contributed by atoms with Crippen LogP contribution in [0.3, 0.4) is 0 Å². The highest BCUT2D eigenvalue weighted by Crippen LogP contribution is 2.24. The summed E-state index contributed by atoms with van der Waals surface area (Å²) in [6.45, 7) is 5.02. The van der Waals surface area contributed by atoms with Gasteiger partial charge in [-0.15, -0.1) is 0 Å². The Morgan fingerprint density at radius 3 is 1.66 bits per heavy atom. The fourth-order valence-corrected chi connectivity index (χ4v) is 4.41. The van der Waals surface area contributed by atoms with E-state index in [1.165, 1.54) is 44.7 Å². The second-order valence-electron chi connectivity index (χ2n) is 8.73. The molecule has 11 heteroatoms. The third kappa shape index (κ3) is 13.0. The lowest BCUT2D eigenvalue weighted by atomic mass is 9.92. The van der Waals surface area contributed by atoms with Gasteiger partial charge in [0.05, 0.1) is 34.8 Å². The van der Waals surface area contributed by atoms with Crippen molar-refractivity contribution < 1.29 is 10.2 Å². The Hall–Kier alpha value is -1.29. The third-order valence-corrected chi connectivity index (χ3v) is 6.68. The van der Waals surface area contributed by atoms with Crippen molar-refractivity contribution >= 4 is 40.8 Å². The van der Waals surface area contributed by atoms with E-state index in [0.717, 1.165) is 63.0 Å². The van der Waals surface area contributed by atoms with Crippen molar-refractivity contribution in [2.75, 3.05) is 44.3 Å². The third-order valence-electron chi connectivity index (χ3n) is 6.09. The van der Waals surface area contributed by atoms with E-state index in [0.29, 0.717) is 23.3 Å². The molecule has 2 aromatic rings. The number of hydrogen-bond donors (Lipinski definition) is 3. The maximum absolute atomic E-state index is 8.81. The summed E-state index contributed by atoms with van der Waals surface area (Å²) in [4.78, 5) is 17.9. The molecule has 2 aromatic heterocycles. The summed E-state index contributed by atoms with van der Waals surface area (Å²) in [6.07, 6.45) is 15.4. The van der Waals surface area contributed by atoms with Gasteiger partial charge in [-0.3, -0.25) is 0 Å². The number of halogens is 3. The first kappa shape index (κ1) is 29.9. The molecular weight excluding hydrogens is 511 g/mol. The van der Waals surface area contributed by atoms with Crippen molar-refractivity contribution in [3.63, 3.8) is 0 Å². The van der Waals surface area contributed by atoms with E-state index in [1.807, 2.05) is 0 Å². The van der Waals surface area contributed by atoms with Gasteiger partial charge in [0, 0.05) is 26.3 Å². The summed E-state index contributed by atoms with van der Waals surface area (Å²) < 4.78 is 0. The number of piperidine rings is 2. The van der Waals surface area contributed by atoms with E-state index in [1.54, 1.807) is 12.4 Å². The molecule has 0 radical (unpaired) electrons. The molecule has 2 aliphatic rings. The number of aliphatic hydroxyl groups is 2. The van der Waals surface area contributed by atoms with Crippen LogP contribution in [-0.2, 0) is 0 Å². The van der Waals surface area contributed by atoms with Crippen LogP contribution in [0.15, 0.2) is 24.8 Å². The van der Waals surface area contributed by atoms with Crippen molar-refractivity contribution in [1.82, 2.24) is 25.3 Å². The molecule has 0 saturated carbocycles. The zero-order valence-corrected chi connectivity index (χ0v) is 22.4. The minimum absolute atomic E-state index is 0.217. The van der Waals surface area contributed by atoms with Crippen LogP contribution in [0.5, 0.6) is 0 Å². The van der Waals surface area contributed by atoms with E-state index in [4.69, 9.17) is 45.0 Å². The van der Waals surface area contributed by atoms with Crippen LogP contribution in [-0.4, -0.2) is 69.5 Å². The summed E-state index contributed by atoms with van der Waals surface area (Å²) >= 11 is 16.5. The fraction of sp³-hybridized carbons (Fsp3) is 0.667. The number of hydrogen-bond acceptors (Lipinski definition) is 8. The molecule has 0 amide bonds. The van der Waals surface area contributed by atoms with Gasteiger partial charge in [0.2, 0.25) is 11.2 Å². The van der Waals surface area contributed by atoms with E-state index in [2.05, 4.69) is 30.2 Å². The summed E-state index contributed by atoms with van der Waals surface area (Å²) in [6, 6.07) is 0. The van der Waals surface area contributed by atoms with Crippen LogP contribution >= 0.6 is 34.8 Å². The average molecular weight is 548 g/mol. The highest BCUT2D eigenvalue weighted by atomic mass is 35.5. The number of aliphatic hydroxyl groups excluding tert-OH is 2. The highest BCUT2D eigenvalue weighted by Gasteiger charge is 2.20. The highest BCUT2D eigenvalue weighted by molar-refractivity contribution is 6.31. The molecule has 0 aromatic carbocycles. The molecule has 0 aliphatic carbocycles. The largest absolute Gasteiger partial charge is 0.396 e. The first-order valence-electron chi connectivity index (χ1n) is 12.3. The van der Waals surface area contributed by atoms with Gasteiger partial charge in [0.15, 0.2) is 0 Å². The lowest BCUT2D eigenvalue weighted by molar-refractivity contribution is 0.257. The number of nitrogens with one attached hydrogen (secondary N) is 1. The van der Waals surface area contributed by atoms with Crippen LogP contribution in [0.1, 0.15) is 51.4 Å². The zero-order chi connectivity index (χ0) is 25.3. The normalized spacial score (nSPS) is 16.7. The molecule has 4 heterocycles. The number of aromatic nitrogens is 4.